The van der Waals surface area contributed by atoms with Crippen molar-refractivity contribution in [2.45, 2.75) is 61.4 Å². The summed E-state index contributed by atoms with van der Waals surface area (Å²) in [6.45, 7) is 11.0. The van der Waals surface area contributed by atoms with Gasteiger partial charge < -0.3 is 4.74 Å². The zero-order valence-corrected chi connectivity index (χ0v) is 18.7. The molecule has 0 saturated carbocycles. The summed E-state index contributed by atoms with van der Waals surface area (Å²) in [6, 6.07) is 4.70. The first-order valence-corrected chi connectivity index (χ1v) is 12.9. The summed E-state index contributed by atoms with van der Waals surface area (Å²) in [7, 11) is -3.34. The van der Waals surface area contributed by atoms with Crippen LogP contribution in [-0.4, -0.2) is 86.1 Å². The van der Waals surface area contributed by atoms with Crippen molar-refractivity contribution in [3.05, 3.63) is 17.5 Å². The predicted octanol–water partition coefficient (Wildman–Crippen LogP) is 2.48. The highest BCUT2D eigenvalue weighted by Gasteiger charge is 2.44. The van der Waals surface area contributed by atoms with Gasteiger partial charge in [-0.25, -0.2) is 8.42 Å². The summed E-state index contributed by atoms with van der Waals surface area (Å²) in [5.41, 5.74) is -0.139. The molecule has 1 unspecified atom stereocenters. The molecule has 3 saturated heterocycles. The largest absolute Gasteiger partial charge is 0.375 e. The van der Waals surface area contributed by atoms with Crippen LogP contribution in [0.3, 0.4) is 0 Å². The lowest BCUT2D eigenvalue weighted by Gasteiger charge is -2.49. The van der Waals surface area contributed by atoms with Crippen LogP contribution in [0.15, 0.2) is 21.7 Å². The van der Waals surface area contributed by atoms with Crippen LogP contribution in [0, 0.1) is 0 Å². The first-order valence-electron chi connectivity index (χ1n) is 10.6. The first-order chi connectivity index (χ1) is 13.4. The predicted molar refractivity (Wildman–Crippen MR) is 112 cm³/mol. The van der Waals surface area contributed by atoms with E-state index in [1.807, 2.05) is 5.38 Å². The lowest BCUT2D eigenvalue weighted by Crippen LogP contribution is -2.58. The van der Waals surface area contributed by atoms with E-state index >= 15 is 0 Å². The summed E-state index contributed by atoms with van der Waals surface area (Å²) in [5, 5.41) is 1.83. The van der Waals surface area contributed by atoms with Crippen LogP contribution in [-0.2, 0) is 14.8 Å². The summed E-state index contributed by atoms with van der Waals surface area (Å²) in [4.78, 5) is 5.21. The number of hydrogen-bond acceptors (Lipinski definition) is 6. The molecule has 3 aliphatic rings. The zero-order chi connectivity index (χ0) is 19.8. The van der Waals surface area contributed by atoms with E-state index in [0.29, 0.717) is 29.4 Å². The molecular formula is C20H33N3O3S2. The van der Waals surface area contributed by atoms with Crippen LogP contribution in [0.1, 0.15) is 39.5 Å². The monoisotopic (exact) mass is 427 g/mol. The Balaban J connectivity index is 1.35. The second-order valence-corrected chi connectivity index (χ2v) is 11.8. The van der Waals surface area contributed by atoms with Crippen LogP contribution in [0.2, 0.25) is 0 Å². The van der Waals surface area contributed by atoms with Crippen molar-refractivity contribution in [2.75, 3.05) is 45.9 Å². The van der Waals surface area contributed by atoms with E-state index in [4.69, 9.17) is 4.74 Å². The molecule has 1 aromatic heterocycles. The number of ether oxygens (including phenoxy) is 1. The van der Waals surface area contributed by atoms with Gasteiger partial charge in [-0.15, -0.1) is 11.3 Å². The van der Waals surface area contributed by atoms with Crippen molar-refractivity contribution in [1.29, 1.82) is 0 Å². The van der Waals surface area contributed by atoms with E-state index < -0.39 is 10.0 Å². The SMILES string of the molecule is CC(C)N1CCN(C2CCOC3(CCN(S(=O)(=O)c4cccs4)CC3)C2)CC1. The van der Waals surface area contributed by atoms with Gasteiger partial charge in [0.05, 0.1) is 5.60 Å². The van der Waals surface area contributed by atoms with Gasteiger partial charge in [0.2, 0.25) is 0 Å². The molecule has 0 aliphatic carbocycles. The van der Waals surface area contributed by atoms with Gasteiger partial charge in [0, 0.05) is 58.0 Å². The highest BCUT2D eigenvalue weighted by molar-refractivity contribution is 7.91. The summed E-state index contributed by atoms with van der Waals surface area (Å²) < 4.78 is 34.0. The topological polar surface area (TPSA) is 53.1 Å². The first kappa shape index (κ1) is 20.8. The fraction of sp³-hybridized carbons (Fsp3) is 0.800. The fourth-order valence-electron chi connectivity index (χ4n) is 4.95. The lowest BCUT2D eigenvalue weighted by atomic mass is 9.82. The molecule has 6 nitrogen and oxygen atoms in total. The number of rotatable bonds is 4. The Bertz CT molecular complexity index is 735. The molecule has 4 heterocycles. The Labute approximate surface area is 173 Å². The molecule has 0 N–H and O–H groups in total. The van der Waals surface area contributed by atoms with E-state index in [2.05, 4.69) is 23.6 Å². The number of nitrogens with zero attached hydrogens (tertiary/aromatic N) is 3. The van der Waals surface area contributed by atoms with Gasteiger partial charge in [0.25, 0.3) is 10.0 Å². The highest BCUT2D eigenvalue weighted by atomic mass is 32.2. The third-order valence-corrected chi connectivity index (χ3v) is 10.1. The Morgan fingerprint density at radius 2 is 1.86 bits per heavy atom. The maximum Gasteiger partial charge on any atom is 0.252 e. The molecule has 4 rings (SSSR count). The number of hydrogen-bond donors (Lipinski definition) is 0. The number of piperazine rings is 1. The minimum atomic E-state index is -3.34. The molecule has 0 radical (unpaired) electrons. The third-order valence-electron chi connectivity index (χ3n) is 6.79. The van der Waals surface area contributed by atoms with Crippen LogP contribution in [0.25, 0.3) is 0 Å². The molecule has 28 heavy (non-hydrogen) atoms. The van der Waals surface area contributed by atoms with E-state index in [-0.39, 0.29) is 5.60 Å². The summed E-state index contributed by atoms with van der Waals surface area (Å²) in [6.07, 6.45) is 3.75. The quantitative estimate of drug-likeness (QED) is 0.739. The molecule has 158 valence electrons. The average molecular weight is 428 g/mol. The Morgan fingerprint density at radius 3 is 2.46 bits per heavy atom. The summed E-state index contributed by atoms with van der Waals surface area (Å²) in [5.74, 6) is 0. The molecule has 1 spiro atoms. The molecule has 0 amide bonds. The number of thiophene rings is 1. The van der Waals surface area contributed by atoms with Crippen molar-refractivity contribution in [2.24, 2.45) is 0 Å². The maximum atomic E-state index is 12.8. The zero-order valence-electron chi connectivity index (χ0n) is 17.0. The second kappa shape index (κ2) is 8.32. The lowest BCUT2D eigenvalue weighted by molar-refractivity contribution is -0.130. The highest BCUT2D eigenvalue weighted by Crippen LogP contribution is 2.38. The summed E-state index contributed by atoms with van der Waals surface area (Å²) >= 11 is 1.30. The molecule has 3 fully saturated rings. The van der Waals surface area contributed by atoms with Gasteiger partial charge in [-0.3, -0.25) is 9.80 Å². The van der Waals surface area contributed by atoms with Crippen LogP contribution < -0.4 is 0 Å². The van der Waals surface area contributed by atoms with Gasteiger partial charge in [-0.2, -0.15) is 4.31 Å². The minimum absolute atomic E-state index is 0.139. The third kappa shape index (κ3) is 4.18. The van der Waals surface area contributed by atoms with Crippen LogP contribution >= 0.6 is 11.3 Å². The van der Waals surface area contributed by atoms with Gasteiger partial charge >= 0.3 is 0 Å². The number of piperidine rings is 1. The fourth-order valence-corrected chi connectivity index (χ4v) is 7.54. The van der Waals surface area contributed by atoms with Gasteiger partial charge in [-0.1, -0.05) is 6.07 Å². The van der Waals surface area contributed by atoms with Crippen molar-refractivity contribution >= 4 is 21.4 Å². The van der Waals surface area contributed by atoms with E-state index in [1.165, 1.54) is 11.3 Å². The molecule has 0 bridgehead atoms. The average Bonchev–Trinajstić information content (AvgIpc) is 3.24. The standard InChI is InChI=1S/C20H33N3O3S2/c1-17(2)21-10-12-22(13-11-21)18-5-14-26-20(16-18)6-8-23(9-7-20)28(24,25)19-4-3-15-27-19/h3-4,15,17-18H,5-14,16H2,1-2H3. The van der Waals surface area contributed by atoms with E-state index in [9.17, 15) is 8.42 Å². The number of sulfonamides is 1. The molecule has 3 aliphatic heterocycles. The molecule has 8 heteroatoms. The van der Waals surface area contributed by atoms with Crippen LogP contribution in [0.5, 0.6) is 0 Å². The van der Waals surface area contributed by atoms with Crippen molar-refractivity contribution in [3.8, 4) is 0 Å². The van der Waals surface area contributed by atoms with Gasteiger partial charge in [0.15, 0.2) is 0 Å². The Hall–Kier alpha value is -0.510. The Morgan fingerprint density at radius 1 is 1.14 bits per heavy atom. The minimum Gasteiger partial charge on any atom is -0.375 e. The van der Waals surface area contributed by atoms with Gasteiger partial charge in [0.1, 0.15) is 4.21 Å². The maximum absolute atomic E-state index is 12.8. The molecule has 0 aromatic carbocycles. The van der Waals surface area contributed by atoms with E-state index in [1.54, 1.807) is 16.4 Å². The molecule has 1 atom stereocenters. The molecular weight excluding hydrogens is 394 g/mol. The normalized spacial score (nSPS) is 28.2. The van der Waals surface area contributed by atoms with Crippen LogP contribution in [0.4, 0.5) is 0 Å². The van der Waals surface area contributed by atoms with Crippen molar-refractivity contribution in [1.82, 2.24) is 14.1 Å². The Kier molecular flexibility index (Phi) is 6.16. The second-order valence-electron chi connectivity index (χ2n) is 8.68. The van der Waals surface area contributed by atoms with Crippen molar-refractivity contribution in [3.63, 3.8) is 0 Å². The molecule has 1 aromatic rings. The smallest absolute Gasteiger partial charge is 0.252 e. The van der Waals surface area contributed by atoms with Crippen molar-refractivity contribution < 1.29 is 13.2 Å². The van der Waals surface area contributed by atoms with E-state index in [0.717, 1.165) is 58.5 Å². The van der Waals surface area contributed by atoms with Gasteiger partial charge in [-0.05, 0) is 51.0 Å².